The van der Waals surface area contributed by atoms with Crippen LogP contribution in [0.3, 0.4) is 0 Å². The van der Waals surface area contributed by atoms with Gasteiger partial charge in [-0.1, -0.05) is 35.9 Å². The number of aliphatic imine (C=N–C) groups is 1. The molecule has 0 bridgehead atoms. The first-order valence-corrected chi connectivity index (χ1v) is 7.63. The SMILES string of the molecule is CN=C(NCc1ccc(C)cc1)NCc1ccc2c(c1)OCO2. The van der Waals surface area contributed by atoms with Crippen molar-refractivity contribution >= 4 is 5.96 Å². The van der Waals surface area contributed by atoms with Crippen molar-refractivity contribution in [2.45, 2.75) is 20.0 Å². The quantitative estimate of drug-likeness (QED) is 0.673. The minimum absolute atomic E-state index is 0.298. The summed E-state index contributed by atoms with van der Waals surface area (Å²) >= 11 is 0. The highest BCUT2D eigenvalue weighted by Crippen LogP contribution is 2.32. The third kappa shape index (κ3) is 3.94. The summed E-state index contributed by atoms with van der Waals surface area (Å²) in [4.78, 5) is 4.25. The van der Waals surface area contributed by atoms with E-state index in [1.165, 1.54) is 11.1 Å². The van der Waals surface area contributed by atoms with Crippen LogP contribution in [0.1, 0.15) is 16.7 Å². The molecule has 0 atom stereocenters. The first kappa shape index (κ1) is 15.2. The molecular weight excluding hydrogens is 290 g/mol. The van der Waals surface area contributed by atoms with Crippen LogP contribution in [0.4, 0.5) is 0 Å². The first-order chi connectivity index (χ1) is 11.2. The monoisotopic (exact) mass is 311 g/mol. The summed E-state index contributed by atoms with van der Waals surface area (Å²) in [5.74, 6) is 2.37. The van der Waals surface area contributed by atoms with E-state index in [2.05, 4.69) is 46.8 Å². The third-order valence-electron chi connectivity index (χ3n) is 3.70. The van der Waals surface area contributed by atoms with E-state index < -0.39 is 0 Å². The predicted molar refractivity (Wildman–Crippen MR) is 90.8 cm³/mol. The summed E-state index contributed by atoms with van der Waals surface area (Å²) < 4.78 is 10.7. The molecule has 0 aromatic heterocycles. The van der Waals surface area contributed by atoms with Gasteiger partial charge in [0, 0.05) is 20.1 Å². The van der Waals surface area contributed by atoms with E-state index in [4.69, 9.17) is 9.47 Å². The Morgan fingerprint density at radius 1 is 0.957 bits per heavy atom. The lowest BCUT2D eigenvalue weighted by atomic mass is 10.1. The van der Waals surface area contributed by atoms with Crippen LogP contribution >= 0.6 is 0 Å². The van der Waals surface area contributed by atoms with Crippen LogP contribution in [-0.2, 0) is 13.1 Å². The molecule has 0 aliphatic carbocycles. The zero-order valence-electron chi connectivity index (χ0n) is 13.4. The minimum Gasteiger partial charge on any atom is -0.454 e. The topological polar surface area (TPSA) is 54.9 Å². The second-order valence-electron chi connectivity index (χ2n) is 5.45. The summed E-state index contributed by atoms with van der Waals surface area (Å²) in [5.41, 5.74) is 3.60. The molecule has 0 saturated carbocycles. The lowest BCUT2D eigenvalue weighted by molar-refractivity contribution is 0.174. The van der Waals surface area contributed by atoms with Gasteiger partial charge in [-0.15, -0.1) is 0 Å². The molecule has 2 aromatic carbocycles. The third-order valence-corrected chi connectivity index (χ3v) is 3.70. The van der Waals surface area contributed by atoms with Gasteiger partial charge < -0.3 is 20.1 Å². The van der Waals surface area contributed by atoms with Gasteiger partial charge >= 0.3 is 0 Å². The normalized spacial score (nSPS) is 13.0. The van der Waals surface area contributed by atoms with Crippen molar-refractivity contribution in [3.63, 3.8) is 0 Å². The van der Waals surface area contributed by atoms with E-state index in [0.29, 0.717) is 13.3 Å². The molecule has 5 nitrogen and oxygen atoms in total. The van der Waals surface area contributed by atoms with Crippen molar-refractivity contribution in [3.05, 3.63) is 59.2 Å². The summed E-state index contributed by atoms with van der Waals surface area (Å²) in [6.45, 7) is 3.79. The van der Waals surface area contributed by atoms with Crippen LogP contribution in [0.5, 0.6) is 11.5 Å². The van der Waals surface area contributed by atoms with Crippen LogP contribution in [-0.4, -0.2) is 19.8 Å². The van der Waals surface area contributed by atoms with Crippen LogP contribution < -0.4 is 20.1 Å². The number of aryl methyl sites for hydroxylation is 1. The maximum atomic E-state index is 5.39. The molecule has 1 heterocycles. The fraction of sp³-hybridized carbons (Fsp3) is 0.278. The fourth-order valence-electron chi connectivity index (χ4n) is 2.35. The standard InChI is InChI=1S/C18H21N3O2/c1-13-3-5-14(6-4-13)10-20-18(19-2)21-11-15-7-8-16-17(9-15)23-12-22-16/h3-9H,10-12H2,1-2H3,(H2,19,20,21). The summed E-state index contributed by atoms with van der Waals surface area (Å²) in [7, 11) is 1.77. The number of nitrogens with one attached hydrogen (secondary N) is 2. The molecule has 1 aliphatic heterocycles. The van der Waals surface area contributed by atoms with E-state index in [0.717, 1.165) is 29.6 Å². The molecule has 120 valence electrons. The highest BCUT2D eigenvalue weighted by molar-refractivity contribution is 5.79. The molecule has 0 spiro atoms. The summed E-state index contributed by atoms with van der Waals surface area (Å²) in [5, 5.41) is 6.61. The average Bonchev–Trinajstić information content (AvgIpc) is 3.04. The van der Waals surface area contributed by atoms with Crippen molar-refractivity contribution in [2.24, 2.45) is 4.99 Å². The van der Waals surface area contributed by atoms with Gasteiger partial charge in [0.05, 0.1) is 0 Å². The molecule has 0 fully saturated rings. The molecule has 2 N–H and O–H groups in total. The molecule has 0 unspecified atom stereocenters. The molecule has 5 heteroatoms. The Hall–Kier alpha value is -2.69. The van der Waals surface area contributed by atoms with Crippen molar-refractivity contribution < 1.29 is 9.47 Å². The number of ether oxygens (including phenoxy) is 2. The number of guanidine groups is 1. The van der Waals surface area contributed by atoms with Gasteiger partial charge in [-0.3, -0.25) is 4.99 Å². The number of nitrogens with zero attached hydrogens (tertiary/aromatic N) is 1. The lowest BCUT2D eigenvalue weighted by Gasteiger charge is -2.12. The van der Waals surface area contributed by atoms with Crippen LogP contribution in [0.15, 0.2) is 47.5 Å². The Labute approximate surface area is 136 Å². The number of benzene rings is 2. The molecule has 3 rings (SSSR count). The van der Waals surface area contributed by atoms with Gasteiger partial charge in [0.1, 0.15) is 0 Å². The molecular formula is C18H21N3O2. The number of hydrogen-bond donors (Lipinski definition) is 2. The Morgan fingerprint density at radius 3 is 2.35 bits per heavy atom. The Bertz CT molecular complexity index is 696. The minimum atomic E-state index is 0.298. The lowest BCUT2D eigenvalue weighted by Crippen LogP contribution is -2.36. The summed E-state index contributed by atoms with van der Waals surface area (Å²) in [6, 6.07) is 14.4. The molecule has 0 saturated heterocycles. The number of hydrogen-bond acceptors (Lipinski definition) is 3. The number of rotatable bonds is 4. The van der Waals surface area contributed by atoms with E-state index in [9.17, 15) is 0 Å². The van der Waals surface area contributed by atoms with Gasteiger partial charge in [0.25, 0.3) is 0 Å². The molecule has 2 aromatic rings. The van der Waals surface area contributed by atoms with Crippen molar-refractivity contribution in [3.8, 4) is 11.5 Å². The van der Waals surface area contributed by atoms with E-state index >= 15 is 0 Å². The number of fused-ring (bicyclic) bond motifs is 1. The van der Waals surface area contributed by atoms with Crippen molar-refractivity contribution in [1.82, 2.24) is 10.6 Å². The molecule has 0 radical (unpaired) electrons. The van der Waals surface area contributed by atoms with E-state index in [1.807, 2.05) is 18.2 Å². The zero-order chi connectivity index (χ0) is 16.1. The van der Waals surface area contributed by atoms with Gasteiger partial charge in [-0.2, -0.15) is 0 Å². The average molecular weight is 311 g/mol. The Kier molecular flexibility index (Phi) is 4.66. The first-order valence-electron chi connectivity index (χ1n) is 7.63. The summed E-state index contributed by atoms with van der Waals surface area (Å²) in [6.07, 6.45) is 0. The van der Waals surface area contributed by atoms with Gasteiger partial charge in [0.15, 0.2) is 17.5 Å². The molecule has 1 aliphatic rings. The molecule has 23 heavy (non-hydrogen) atoms. The predicted octanol–water partition coefficient (Wildman–Crippen LogP) is 2.59. The van der Waals surface area contributed by atoms with E-state index in [-0.39, 0.29) is 0 Å². The van der Waals surface area contributed by atoms with Crippen molar-refractivity contribution in [2.75, 3.05) is 13.8 Å². The van der Waals surface area contributed by atoms with Crippen LogP contribution in [0.2, 0.25) is 0 Å². The zero-order valence-corrected chi connectivity index (χ0v) is 13.4. The van der Waals surface area contributed by atoms with Crippen LogP contribution in [0, 0.1) is 6.92 Å². The fourth-order valence-corrected chi connectivity index (χ4v) is 2.35. The second kappa shape index (κ2) is 7.05. The van der Waals surface area contributed by atoms with E-state index in [1.54, 1.807) is 7.05 Å². The smallest absolute Gasteiger partial charge is 0.231 e. The van der Waals surface area contributed by atoms with Crippen molar-refractivity contribution in [1.29, 1.82) is 0 Å². The Morgan fingerprint density at radius 2 is 1.61 bits per heavy atom. The maximum absolute atomic E-state index is 5.39. The van der Waals surface area contributed by atoms with Gasteiger partial charge in [0.2, 0.25) is 6.79 Å². The highest BCUT2D eigenvalue weighted by Gasteiger charge is 2.13. The highest BCUT2D eigenvalue weighted by atomic mass is 16.7. The van der Waals surface area contributed by atoms with Gasteiger partial charge in [-0.05, 0) is 30.2 Å². The van der Waals surface area contributed by atoms with Crippen LogP contribution in [0.25, 0.3) is 0 Å². The maximum Gasteiger partial charge on any atom is 0.231 e. The van der Waals surface area contributed by atoms with Gasteiger partial charge in [-0.25, -0.2) is 0 Å². The largest absolute Gasteiger partial charge is 0.454 e. The second-order valence-corrected chi connectivity index (χ2v) is 5.45. The Balaban J connectivity index is 1.52. The molecule has 0 amide bonds.